The molecule has 1 heterocycles. The summed E-state index contributed by atoms with van der Waals surface area (Å²) in [6.45, 7) is 0. The summed E-state index contributed by atoms with van der Waals surface area (Å²) in [5.74, 6) is -0.882. The van der Waals surface area contributed by atoms with Gasteiger partial charge in [0.25, 0.3) is 0 Å². The number of carboxylic acid groups (broad SMARTS) is 1. The highest BCUT2D eigenvalue weighted by atomic mass is 127. The standard InChI is InChI=1S/C9H11IN2O2/c10-8-5-7(9(13)14)12(11-8)6-3-1-2-4-6/h5-6H,1-4H2,(H,13,14). The van der Waals surface area contributed by atoms with Gasteiger partial charge in [0, 0.05) is 6.07 Å². The van der Waals surface area contributed by atoms with E-state index in [0.29, 0.717) is 11.7 Å². The maximum Gasteiger partial charge on any atom is 0.354 e. The van der Waals surface area contributed by atoms with Gasteiger partial charge in [0.1, 0.15) is 9.39 Å². The molecule has 1 aliphatic carbocycles. The average molecular weight is 306 g/mol. The fraction of sp³-hybridized carbons (Fsp3) is 0.556. The van der Waals surface area contributed by atoms with Crippen molar-refractivity contribution in [1.82, 2.24) is 9.78 Å². The molecule has 1 fully saturated rings. The second-order valence-electron chi connectivity index (χ2n) is 3.54. The van der Waals surface area contributed by atoms with Gasteiger partial charge >= 0.3 is 5.97 Å². The van der Waals surface area contributed by atoms with E-state index in [9.17, 15) is 4.79 Å². The first-order chi connectivity index (χ1) is 6.68. The van der Waals surface area contributed by atoms with Gasteiger partial charge in [-0.25, -0.2) is 4.79 Å². The van der Waals surface area contributed by atoms with E-state index < -0.39 is 5.97 Å². The molecule has 0 aliphatic heterocycles. The average Bonchev–Trinajstić information content (AvgIpc) is 2.70. The number of hydrogen-bond donors (Lipinski definition) is 1. The Morgan fingerprint density at radius 3 is 2.79 bits per heavy atom. The van der Waals surface area contributed by atoms with Gasteiger partial charge in [-0.1, -0.05) is 12.8 Å². The van der Waals surface area contributed by atoms with Crippen LogP contribution in [0.2, 0.25) is 0 Å². The molecule has 0 atom stereocenters. The Hall–Kier alpha value is -0.590. The van der Waals surface area contributed by atoms with Gasteiger partial charge in [-0.05, 0) is 35.4 Å². The molecule has 1 aromatic rings. The molecule has 0 amide bonds. The number of carbonyl (C=O) groups is 1. The molecule has 5 heteroatoms. The first-order valence-corrected chi connectivity index (χ1v) is 5.74. The molecule has 1 N–H and O–H groups in total. The summed E-state index contributed by atoms with van der Waals surface area (Å²) in [5, 5.41) is 13.2. The second kappa shape index (κ2) is 3.88. The molecule has 0 bridgehead atoms. The number of aromatic nitrogens is 2. The van der Waals surface area contributed by atoms with Crippen molar-refractivity contribution in [2.75, 3.05) is 0 Å². The maximum atomic E-state index is 10.9. The Labute approximate surface area is 95.4 Å². The van der Waals surface area contributed by atoms with Crippen molar-refractivity contribution >= 4 is 28.6 Å². The molecule has 0 saturated heterocycles. The van der Waals surface area contributed by atoms with E-state index in [-0.39, 0.29) is 0 Å². The Bertz CT molecular complexity index is 356. The van der Waals surface area contributed by atoms with Crippen LogP contribution in [0, 0.1) is 3.70 Å². The van der Waals surface area contributed by atoms with Crippen LogP contribution in [0.4, 0.5) is 0 Å². The second-order valence-corrected chi connectivity index (χ2v) is 4.65. The minimum Gasteiger partial charge on any atom is -0.477 e. The van der Waals surface area contributed by atoms with Gasteiger partial charge in [0.05, 0.1) is 6.04 Å². The summed E-state index contributed by atoms with van der Waals surface area (Å²) in [5.41, 5.74) is 0.321. The highest BCUT2D eigenvalue weighted by Gasteiger charge is 2.23. The monoisotopic (exact) mass is 306 g/mol. The largest absolute Gasteiger partial charge is 0.477 e. The van der Waals surface area contributed by atoms with Gasteiger partial charge in [0.15, 0.2) is 0 Å². The highest BCUT2D eigenvalue weighted by Crippen LogP contribution is 2.30. The van der Waals surface area contributed by atoms with Crippen LogP contribution >= 0.6 is 22.6 Å². The molecule has 1 aliphatic rings. The zero-order valence-electron chi connectivity index (χ0n) is 7.61. The predicted molar refractivity (Wildman–Crippen MR) is 59.4 cm³/mol. The Morgan fingerprint density at radius 2 is 2.21 bits per heavy atom. The molecule has 1 aromatic heterocycles. The lowest BCUT2D eigenvalue weighted by atomic mass is 10.2. The summed E-state index contributed by atoms with van der Waals surface area (Å²) >= 11 is 2.05. The summed E-state index contributed by atoms with van der Waals surface area (Å²) in [7, 11) is 0. The smallest absolute Gasteiger partial charge is 0.354 e. The summed E-state index contributed by atoms with van der Waals surface area (Å²) in [4.78, 5) is 10.9. The molecule has 76 valence electrons. The van der Waals surface area contributed by atoms with Gasteiger partial charge in [-0.3, -0.25) is 4.68 Å². The van der Waals surface area contributed by atoms with E-state index in [0.717, 1.165) is 16.5 Å². The zero-order chi connectivity index (χ0) is 10.1. The van der Waals surface area contributed by atoms with E-state index in [2.05, 4.69) is 27.7 Å². The van der Waals surface area contributed by atoms with Crippen LogP contribution in [0.1, 0.15) is 42.2 Å². The third-order valence-corrected chi connectivity index (χ3v) is 3.12. The quantitative estimate of drug-likeness (QED) is 0.853. The van der Waals surface area contributed by atoms with Crippen LogP contribution in [-0.2, 0) is 0 Å². The van der Waals surface area contributed by atoms with Gasteiger partial charge in [0.2, 0.25) is 0 Å². The lowest BCUT2D eigenvalue weighted by Crippen LogP contribution is -2.14. The van der Waals surface area contributed by atoms with Crippen molar-refractivity contribution in [3.8, 4) is 0 Å². The van der Waals surface area contributed by atoms with Crippen LogP contribution in [0.25, 0.3) is 0 Å². The SMILES string of the molecule is O=C(O)c1cc(I)nn1C1CCCC1. The van der Waals surface area contributed by atoms with Gasteiger partial charge in [-0.2, -0.15) is 5.10 Å². The molecule has 2 rings (SSSR count). The molecule has 14 heavy (non-hydrogen) atoms. The van der Waals surface area contributed by atoms with Gasteiger partial charge < -0.3 is 5.11 Å². The predicted octanol–water partition coefficient (Wildman–Crippen LogP) is 2.30. The third kappa shape index (κ3) is 1.77. The number of hydrogen-bond acceptors (Lipinski definition) is 2. The minimum atomic E-state index is -0.882. The van der Waals surface area contributed by atoms with E-state index >= 15 is 0 Å². The van der Waals surface area contributed by atoms with Crippen LogP contribution in [0.3, 0.4) is 0 Å². The molecule has 4 nitrogen and oxygen atoms in total. The number of halogens is 1. The van der Waals surface area contributed by atoms with Crippen LogP contribution in [0.15, 0.2) is 6.07 Å². The van der Waals surface area contributed by atoms with E-state index in [1.807, 2.05) is 0 Å². The number of carboxylic acids is 1. The molecular weight excluding hydrogens is 295 g/mol. The molecule has 0 radical (unpaired) electrons. The van der Waals surface area contributed by atoms with Crippen molar-refractivity contribution < 1.29 is 9.90 Å². The molecule has 1 saturated carbocycles. The topological polar surface area (TPSA) is 55.1 Å². The first-order valence-electron chi connectivity index (χ1n) is 4.67. The van der Waals surface area contributed by atoms with Crippen molar-refractivity contribution in [3.05, 3.63) is 15.5 Å². The normalized spacial score (nSPS) is 17.5. The number of aromatic carboxylic acids is 1. The summed E-state index contributed by atoms with van der Waals surface area (Å²) < 4.78 is 2.43. The fourth-order valence-electron chi connectivity index (χ4n) is 1.95. The number of rotatable bonds is 2. The van der Waals surface area contributed by atoms with E-state index in [1.165, 1.54) is 12.8 Å². The fourth-order valence-corrected chi connectivity index (χ4v) is 2.48. The number of nitrogens with zero attached hydrogens (tertiary/aromatic N) is 2. The van der Waals surface area contributed by atoms with Crippen LogP contribution < -0.4 is 0 Å². The minimum absolute atomic E-state index is 0.296. The van der Waals surface area contributed by atoms with Crippen molar-refractivity contribution in [3.63, 3.8) is 0 Å². The first kappa shape index (κ1) is 9.95. The van der Waals surface area contributed by atoms with E-state index in [1.54, 1.807) is 10.7 Å². The van der Waals surface area contributed by atoms with Crippen LogP contribution in [0.5, 0.6) is 0 Å². The summed E-state index contributed by atoms with van der Waals surface area (Å²) in [6.07, 6.45) is 4.47. The van der Waals surface area contributed by atoms with Crippen LogP contribution in [-0.4, -0.2) is 20.9 Å². The van der Waals surface area contributed by atoms with E-state index in [4.69, 9.17) is 5.11 Å². The van der Waals surface area contributed by atoms with Crippen molar-refractivity contribution in [2.24, 2.45) is 0 Å². The molecular formula is C9H11IN2O2. The lowest BCUT2D eigenvalue weighted by molar-refractivity contribution is 0.0680. The Morgan fingerprint density at radius 1 is 1.57 bits per heavy atom. The van der Waals surface area contributed by atoms with Gasteiger partial charge in [-0.15, -0.1) is 0 Å². The third-order valence-electron chi connectivity index (χ3n) is 2.60. The zero-order valence-corrected chi connectivity index (χ0v) is 9.77. The molecule has 0 unspecified atom stereocenters. The molecule has 0 aromatic carbocycles. The maximum absolute atomic E-state index is 10.9. The van der Waals surface area contributed by atoms with Crippen molar-refractivity contribution in [2.45, 2.75) is 31.7 Å². The molecule has 0 spiro atoms. The van der Waals surface area contributed by atoms with Crippen molar-refractivity contribution in [1.29, 1.82) is 0 Å². The summed E-state index contributed by atoms with van der Waals surface area (Å²) in [6, 6.07) is 1.92. The highest BCUT2D eigenvalue weighted by molar-refractivity contribution is 14.1. The Kier molecular flexibility index (Phi) is 2.76. The Balaban J connectivity index is 2.35. The lowest BCUT2D eigenvalue weighted by Gasteiger charge is -2.11.